The first kappa shape index (κ1) is 15.5. The van der Waals surface area contributed by atoms with Crippen LogP contribution in [0.25, 0.3) is 10.8 Å². The number of thiazole rings is 1. The van der Waals surface area contributed by atoms with Crippen molar-refractivity contribution in [2.75, 3.05) is 6.54 Å². The highest BCUT2D eigenvalue weighted by atomic mass is 32.1. The van der Waals surface area contributed by atoms with Gasteiger partial charge in [-0.05, 0) is 45.4 Å². The second-order valence-corrected chi connectivity index (χ2v) is 7.13. The Morgan fingerprint density at radius 1 is 1.33 bits per heavy atom. The van der Waals surface area contributed by atoms with E-state index in [9.17, 15) is 0 Å². The predicted octanol–water partition coefficient (Wildman–Crippen LogP) is 3.28. The lowest BCUT2D eigenvalue weighted by atomic mass is 10.2. The number of aryl methyl sites for hydroxylation is 2. The number of nitrogens with zero attached hydrogens (tertiary/aromatic N) is 5. The molecule has 4 heterocycles. The Kier molecular flexibility index (Phi) is 4.20. The van der Waals surface area contributed by atoms with Gasteiger partial charge in [-0.2, -0.15) is 5.10 Å². The van der Waals surface area contributed by atoms with Crippen molar-refractivity contribution in [3.05, 3.63) is 41.1 Å². The highest BCUT2D eigenvalue weighted by Gasteiger charge is 2.26. The standard InChI is InChI=1S/C17H21N5OS/c1-12-18-13(2)22(20-12)10-15-5-3-7-21(15)9-14-11-24-17(19-14)16-6-4-8-23-16/h4,6,8,11,15H,3,5,7,9-10H2,1-2H3/t15-/m0/s1. The van der Waals surface area contributed by atoms with Crippen LogP contribution in [0.15, 0.2) is 28.2 Å². The third-order valence-corrected chi connectivity index (χ3v) is 5.40. The van der Waals surface area contributed by atoms with Gasteiger partial charge in [0.15, 0.2) is 10.8 Å². The molecule has 0 aromatic carbocycles. The number of aromatic nitrogens is 4. The van der Waals surface area contributed by atoms with Crippen molar-refractivity contribution in [2.45, 2.75) is 45.8 Å². The van der Waals surface area contributed by atoms with Crippen LogP contribution in [0.1, 0.15) is 30.2 Å². The largest absolute Gasteiger partial charge is 0.462 e. The maximum atomic E-state index is 5.43. The molecule has 1 aliphatic rings. The van der Waals surface area contributed by atoms with Gasteiger partial charge in [-0.25, -0.2) is 14.6 Å². The number of furan rings is 1. The summed E-state index contributed by atoms with van der Waals surface area (Å²) in [5, 5.41) is 7.60. The van der Waals surface area contributed by atoms with Gasteiger partial charge in [0.05, 0.1) is 18.5 Å². The third kappa shape index (κ3) is 3.14. The lowest BCUT2D eigenvalue weighted by molar-refractivity contribution is 0.216. The van der Waals surface area contributed by atoms with E-state index in [0.29, 0.717) is 6.04 Å². The van der Waals surface area contributed by atoms with Crippen molar-refractivity contribution in [3.63, 3.8) is 0 Å². The molecule has 1 saturated heterocycles. The molecule has 6 nitrogen and oxygen atoms in total. The quantitative estimate of drug-likeness (QED) is 0.711. The first-order valence-corrected chi connectivity index (χ1v) is 9.17. The minimum absolute atomic E-state index is 0.499. The second-order valence-electron chi connectivity index (χ2n) is 6.28. The maximum Gasteiger partial charge on any atom is 0.162 e. The Balaban J connectivity index is 1.44. The molecule has 24 heavy (non-hydrogen) atoms. The fourth-order valence-corrected chi connectivity index (χ4v) is 4.12. The van der Waals surface area contributed by atoms with E-state index in [1.807, 2.05) is 30.7 Å². The Morgan fingerprint density at radius 2 is 2.25 bits per heavy atom. The molecule has 3 aromatic heterocycles. The summed E-state index contributed by atoms with van der Waals surface area (Å²) in [5.74, 6) is 2.69. The van der Waals surface area contributed by atoms with Gasteiger partial charge >= 0.3 is 0 Å². The lowest BCUT2D eigenvalue weighted by Crippen LogP contribution is -2.33. The van der Waals surface area contributed by atoms with E-state index in [0.717, 1.165) is 47.7 Å². The minimum atomic E-state index is 0.499. The maximum absolute atomic E-state index is 5.43. The topological polar surface area (TPSA) is 60.0 Å². The van der Waals surface area contributed by atoms with Crippen LogP contribution in [-0.4, -0.2) is 37.2 Å². The molecular formula is C17H21N5OS. The first-order valence-electron chi connectivity index (χ1n) is 8.29. The van der Waals surface area contributed by atoms with E-state index in [2.05, 4.69) is 20.4 Å². The van der Waals surface area contributed by atoms with Gasteiger partial charge < -0.3 is 4.42 Å². The zero-order valence-electron chi connectivity index (χ0n) is 14.0. The Hall–Kier alpha value is -1.99. The molecular weight excluding hydrogens is 322 g/mol. The van der Waals surface area contributed by atoms with E-state index < -0.39 is 0 Å². The van der Waals surface area contributed by atoms with Crippen molar-refractivity contribution < 1.29 is 4.42 Å². The van der Waals surface area contributed by atoms with Crippen LogP contribution in [0.3, 0.4) is 0 Å². The van der Waals surface area contributed by atoms with Gasteiger partial charge in [-0.3, -0.25) is 4.90 Å². The normalized spacial score (nSPS) is 18.5. The van der Waals surface area contributed by atoms with Gasteiger partial charge in [0.25, 0.3) is 0 Å². The molecule has 1 fully saturated rings. The molecule has 1 aliphatic heterocycles. The molecule has 0 spiro atoms. The molecule has 0 aliphatic carbocycles. The van der Waals surface area contributed by atoms with Gasteiger partial charge in [0.2, 0.25) is 0 Å². The molecule has 3 aromatic rings. The van der Waals surface area contributed by atoms with E-state index in [4.69, 9.17) is 9.40 Å². The van der Waals surface area contributed by atoms with Crippen LogP contribution >= 0.6 is 11.3 Å². The van der Waals surface area contributed by atoms with Crippen LogP contribution in [-0.2, 0) is 13.1 Å². The predicted molar refractivity (Wildman–Crippen MR) is 92.7 cm³/mol. The number of hydrogen-bond donors (Lipinski definition) is 0. The van der Waals surface area contributed by atoms with Crippen molar-refractivity contribution in [2.24, 2.45) is 0 Å². The summed E-state index contributed by atoms with van der Waals surface area (Å²) in [7, 11) is 0. The Bertz CT molecular complexity index is 807. The van der Waals surface area contributed by atoms with Gasteiger partial charge in [-0.1, -0.05) is 0 Å². The SMILES string of the molecule is Cc1nc(C)n(C[C@@H]2CCCN2Cc2csc(-c3ccco3)n2)n1. The van der Waals surface area contributed by atoms with E-state index in [-0.39, 0.29) is 0 Å². The van der Waals surface area contributed by atoms with Crippen LogP contribution in [0.2, 0.25) is 0 Å². The summed E-state index contributed by atoms with van der Waals surface area (Å²) in [6.45, 7) is 6.87. The van der Waals surface area contributed by atoms with Crippen molar-refractivity contribution in [1.29, 1.82) is 0 Å². The molecule has 4 rings (SSSR count). The van der Waals surface area contributed by atoms with Crippen molar-refractivity contribution in [3.8, 4) is 10.8 Å². The van der Waals surface area contributed by atoms with Crippen molar-refractivity contribution in [1.82, 2.24) is 24.6 Å². The average molecular weight is 343 g/mol. The minimum Gasteiger partial charge on any atom is -0.462 e. The highest BCUT2D eigenvalue weighted by molar-refractivity contribution is 7.13. The highest BCUT2D eigenvalue weighted by Crippen LogP contribution is 2.27. The van der Waals surface area contributed by atoms with Crippen LogP contribution in [0.5, 0.6) is 0 Å². The zero-order valence-corrected chi connectivity index (χ0v) is 14.8. The number of likely N-dealkylation sites (tertiary alicyclic amines) is 1. The molecule has 0 saturated carbocycles. The molecule has 0 bridgehead atoms. The number of rotatable bonds is 5. The van der Waals surface area contributed by atoms with Gasteiger partial charge in [-0.15, -0.1) is 11.3 Å². The molecule has 0 amide bonds. The molecule has 7 heteroatoms. The van der Waals surface area contributed by atoms with Gasteiger partial charge in [0.1, 0.15) is 11.6 Å². The van der Waals surface area contributed by atoms with Gasteiger partial charge in [0, 0.05) is 18.0 Å². The molecule has 0 radical (unpaired) electrons. The van der Waals surface area contributed by atoms with Crippen LogP contribution in [0.4, 0.5) is 0 Å². The first-order chi connectivity index (χ1) is 11.7. The molecule has 0 unspecified atom stereocenters. The van der Waals surface area contributed by atoms with E-state index in [1.54, 1.807) is 17.6 Å². The summed E-state index contributed by atoms with van der Waals surface area (Å²) >= 11 is 1.64. The summed E-state index contributed by atoms with van der Waals surface area (Å²) in [6.07, 6.45) is 4.12. The van der Waals surface area contributed by atoms with E-state index >= 15 is 0 Å². The molecule has 0 N–H and O–H groups in total. The fourth-order valence-electron chi connectivity index (χ4n) is 3.35. The summed E-state index contributed by atoms with van der Waals surface area (Å²) in [6, 6.07) is 4.35. The van der Waals surface area contributed by atoms with Crippen LogP contribution in [0, 0.1) is 13.8 Å². The Morgan fingerprint density at radius 3 is 3.00 bits per heavy atom. The van der Waals surface area contributed by atoms with Crippen LogP contribution < -0.4 is 0 Å². The average Bonchev–Trinajstić information content (AvgIpc) is 3.30. The second kappa shape index (κ2) is 6.49. The molecule has 1 atom stereocenters. The summed E-state index contributed by atoms with van der Waals surface area (Å²) in [4.78, 5) is 11.6. The third-order valence-electron chi connectivity index (χ3n) is 4.49. The lowest BCUT2D eigenvalue weighted by Gasteiger charge is -2.23. The fraction of sp³-hybridized carbons (Fsp3) is 0.471. The Labute approximate surface area is 145 Å². The summed E-state index contributed by atoms with van der Waals surface area (Å²) < 4.78 is 7.47. The van der Waals surface area contributed by atoms with Crippen molar-refractivity contribution >= 4 is 11.3 Å². The smallest absolute Gasteiger partial charge is 0.162 e. The summed E-state index contributed by atoms with van der Waals surface area (Å²) in [5.41, 5.74) is 1.12. The number of hydrogen-bond acceptors (Lipinski definition) is 6. The monoisotopic (exact) mass is 343 g/mol. The molecule has 126 valence electrons. The zero-order chi connectivity index (χ0) is 16.5. The van der Waals surface area contributed by atoms with E-state index in [1.165, 1.54) is 12.8 Å².